The van der Waals surface area contributed by atoms with E-state index in [4.69, 9.17) is 4.74 Å². The second-order valence-electron chi connectivity index (χ2n) is 5.43. The molecule has 0 amide bonds. The molecule has 0 unspecified atom stereocenters. The van der Waals surface area contributed by atoms with Crippen molar-refractivity contribution in [3.63, 3.8) is 0 Å². The molecule has 1 nitrogen and oxygen atoms in total. The average Bonchev–Trinajstić information content (AvgIpc) is 2.40. The van der Waals surface area contributed by atoms with Crippen LogP contribution in [0.2, 0.25) is 0 Å². The van der Waals surface area contributed by atoms with Crippen LogP contribution in [0.1, 0.15) is 65.2 Å². The van der Waals surface area contributed by atoms with Crippen molar-refractivity contribution in [2.45, 2.75) is 71.3 Å². The minimum Gasteiger partial charge on any atom is -0.374 e. The first kappa shape index (κ1) is 15.5. The molecule has 0 N–H and O–H groups in total. The number of allylic oxidation sites excluding steroid dienone is 3. The predicted molar refractivity (Wildman–Crippen MR) is 79.8 cm³/mol. The lowest BCUT2D eigenvalue weighted by molar-refractivity contribution is 0.0333. The molecular weight excluding hydrogens is 220 g/mol. The van der Waals surface area contributed by atoms with Gasteiger partial charge in [0.2, 0.25) is 0 Å². The number of ether oxygens (including phenoxy) is 1. The van der Waals surface area contributed by atoms with Gasteiger partial charge in [-0.05, 0) is 38.5 Å². The second-order valence-corrected chi connectivity index (χ2v) is 5.43. The fourth-order valence-electron chi connectivity index (χ4n) is 2.71. The SMILES string of the molecule is C/C=C/C=C/COC1CCC(CCCCC)CC1. The van der Waals surface area contributed by atoms with Gasteiger partial charge >= 0.3 is 0 Å². The van der Waals surface area contributed by atoms with Crippen LogP contribution in [0, 0.1) is 5.92 Å². The van der Waals surface area contributed by atoms with E-state index in [0.717, 1.165) is 12.5 Å². The van der Waals surface area contributed by atoms with Crippen molar-refractivity contribution in [3.05, 3.63) is 24.3 Å². The Balaban J connectivity index is 2.04. The van der Waals surface area contributed by atoms with E-state index in [-0.39, 0.29) is 0 Å². The summed E-state index contributed by atoms with van der Waals surface area (Å²) < 4.78 is 5.88. The van der Waals surface area contributed by atoms with Gasteiger partial charge in [-0.3, -0.25) is 0 Å². The maximum absolute atomic E-state index is 5.88. The maximum atomic E-state index is 5.88. The molecule has 0 aliphatic heterocycles. The lowest BCUT2D eigenvalue weighted by Crippen LogP contribution is -2.21. The minimum atomic E-state index is 0.516. The number of unbranched alkanes of at least 4 members (excludes halogenated alkanes) is 2. The Hall–Kier alpha value is -0.560. The number of hydrogen-bond donors (Lipinski definition) is 0. The zero-order valence-corrected chi connectivity index (χ0v) is 12.2. The molecule has 18 heavy (non-hydrogen) atoms. The van der Waals surface area contributed by atoms with Crippen LogP contribution in [0.25, 0.3) is 0 Å². The van der Waals surface area contributed by atoms with E-state index in [2.05, 4.69) is 19.1 Å². The zero-order chi connectivity index (χ0) is 13.1. The highest BCUT2D eigenvalue weighted by Gasteiger charge is 2.20. The van der Waals surface area contributed by atoms with Crippen molar-refractivity contribution in [1.29, 1.82) is 0 Å². The molecule has 0 radical (unpaired) electrons. The topological polar surface area (TPSA) is 9.23 Å². The van der Waals surface area contributed by atoms with Crippen molar-refractivity contribution in [2.24, 2.45) is 5.92 Å². The van der Waals surface area contributed by atoms with Crippen molar-refractivity contribution in [3.8, 4) is 0 Å². The van der Waals surface area contributed by atoms with Crippen molar-refractivity contribution >= 4 is 0 Å². The molecule has 0 atom stereocenters. The molecule has 0 aromatic carbocycles. The highest BCUT2D eigenvalue weighted by Crippen LogP contribution is 2.29. The quantitative estimate of drug-likeness (QED) is 0.421. The first-order valence-electron chi connectivity index (χ1n) is 7.76. The highest BCUT2D eigenvalue weighted by atomic mass is 16.5. The van der Waals surface area contributed by atoms with E-state index in [1.807, 2.05) is 19.1 Å². The van der Waals surface area contributed by atoms with Crippen LogP contribution in [-0.2, 0) is 4.74 Å². The van der Waals surface area contributed by atoms with Crippen LogP contribution >= 0.6 is 0 Å². The van der Waals surface area contributed by atoms with Gasteiger partial charge < -0.3 is 4.74 Å². The van der Waals surface area contributed by atoms with Crippen LogP contribution in [0.3, 0.4) is 0 Å². The van der Waals surface area contributed by atoms with Crippen LogP contribution in [0.4, 0.5) is 0 Å². The van der Waals surface area contributed by atoms with Gasteiger partial charge in [-0.2, -0.15) is 0 Å². The molecule has 1 saturated carbocycles. The third-order valence-electron chi connectivity index (χ3n) is 3.88. The monoisotopic (exact) mass is 250 g/mol. The molecule has 1 aliphatic rings. The van der Waals surface area contributed by atoms with Gasteiger partial charge in [-0.1, -0.05) is 56.9 Å². The van der Waals surface area contributed by atoms with E-state index in [1.165, 1.54) is 51.4 Å². The zero-order valence-electron chi connectivity index (χ0n) is 12.2. The van der Waals surface area contributed by atoms with E-state index in [0.29, 0.717) is 6.10 Å². The predicted octanol–water partition coefficient (Wildman–Crippen LogP) is 5.27. The third kappa shape index (κ3) is 7.00. The van der Waals surface area contributed by atoms with Crippen LogP contribution in [0.5, 0.6) is 0 Å². The van der Waals surface area contributed by atoms with E-state index >= 15 is 0 Å². The summed E-state index contributed by atoms with van der Waals surface area (Å²) >= 11 is 0. The number of hydrogen-bond acceptors (Lipinski definition) is 1. The molecule has 0 saturated heterocycles. The van der Waals surface area contributed by atoms with Crippen molar-refractivity contribution < 1.29 is 4.74 Å². The molecule has 104 valence electrons. The molecule has 1 rings (SSSR count). The summed E-state index contributed by atoms with van der Waals surface area (Å²) in [6.07, 6.45) is 19.7. The van der Waals surface area contributed by atoms with Gasteiger partial charge in [0.25, 0.3) is 0 Å². The second kappa shape index (κ2) is 10.4. The molecule has 1 heteroatoms. The molecule has 0 bridgehead atoms. The van der Waals surface area contributed by atoms with Crippen LogP contribution < -0.4 is 0 Å². The van der Waals surface area contributed by atoms with Gasteiger partial charge in [-0.15, -0.1) is 0 Å². The first-order chi connectivity index (χ1) is 8.86. The smallest absolute Gasteiger partial charge is 0.0654 e. The van der Waals surface area contributed by atoms with Crippen LogP contribution in [-0.4, -0.2) is 12.7 Å². The van der Waals surface area contributed by atoms with E-state index in [1.54, 1.807) is 0 Å². The lowest BCUT2D eigenvalue weighted by Gasteiger charge is -2.28. The summed E-state index contributed by atoms with van der Waals surface area (Å²) in [7, 11) is 0. The maximum Gasteiger partial charge on any atom is 0.0654 e. The molecular formula is C17H30O. The molecule has 0 spiro atoms. The summed E-state index contributed by atoms with van der Waals surface area (Å²) in [6, 6.07) is 0. The van der Waals surface area contributed by atoms with Crippen molar-refractivity contribution in [1.82, 2.24) is 0 Å². The fourth-order valence-corrected chi connectivity index (χ4v) is 2.71. The highest BCUT2D eigenvalue weighted by molar-refractivity contribution is 5.01. The molecule has 1 fully saturated rings. The van der Waals surface area contributed by atoms with Crippen LogP contribution in [0.15, 0.2) is 24.3 Å². The van der Waals surface area contributed by atoms with Crippen molar-refractivity contribution in [2.75, 3.05) is 6.61 Å². The van der Waals surface area contributed by atoms with Gasteiger partial charge in [0, 0.05) is 0 Å². The minimum absolute atomic E-state index is 0.516. The Kier molecular flexibility index (Phi) is 8.93. The molecule has 0 heterocycles. The molecule has 0 aromatic rings. The van der Waals surface area contributed by atoms with Gasteiger partial charge in [0.15, 0.2) is 0 Å². The summed E-state index contributed by atoms with van der Waals surface area (Å²) in [5.41, 5.74) is 0. The lowest BCUT2D eigenvalue weighted by atomic mass is 9.84. The average molecular weight is 250 g/mol. The summed E-state index contributed by atoms with van der Waals surface area (Å²) in [4.78, 5) is 0. The first-order valence-corrected chi connectivity index (χ1v) is 7.76. The largest absolute Gasteiger partial charge is 0.374 e. The van der Waals surface area contributed by atoms with E-state index < -0.39 is 0 Å². The molecule has 1 aliphatic carbocycles. The van der Waals surface area contributed by atoms with Gasteiger partial charge in [0.1, 0.15) is 0 Å². The summed E-state index contributed by atoms with van der Waals surface area (Å²) in [6.45, 7) is 5.09. The van der Waals surface area contributed by atoms with Gasteiger partial charge in [0.05, 0.1) is 12.7 Å². The Labute approximate surface area is 113 Å². The summed E-state index contributed by atoms with van der Waals surface area (Å²) in [5, 5.41) is 0. The van der Waals surface area contributed by atoms with E-state index in [9.17, 15) is 0 Å². The standard InChI is InChI=1S/C17H30O/c1-3-5-7-9-15-18-17-13-11-16(12-14-17)10-8-6-4-2/h3,5,7,9,16-17H,4,6,8,10-15H2,1-2H3/b5-3+,9-7+. The summed E-state index contributed by atoms with van der Waals surface area (Å²) in [5.74, 6) is 0.981. The normalized spacial score (nSPS) is 25.2. The Bertz CT molecular complexity index is 234. The Morgan fingerprint density at radius 2 is 1.83 bits per heavy atom. The Morgan fingerprint density at radius 3 is 2.50 bits per heavy atom. The third-order valence-corrected chi connectivity index (χ3v) is 3.88. The fraction of sp³-hybridized carbons (Fsp3) is 0.765. The number of rotatable bonds is 8. The Morgan fingerprint density at radius 1 is 1.06 bits per heavy atom. The van der Waals surface area contributed by atoms with Gasteiger partial charge in [-0.25, -0.2) is 0 Å². The molecule has 0 aromatic heterocycles.